The van der Waals surface area contributed by atoms with Gasteiger partial charge in [0, 0.05) is 25.0 Å². The first-order chi connectivity index (χ1) is 17.9. The number of ether oxygens (including phenoxy) is 3. The van der Waals surface area contributed by atoms with Crippen molar-refractivity contribution in [1.29, 1.82) is 0 Å². The zero-order valence-electron chi connectivity index (χ0n) is 21.0. The number of nitrogens with zero attached hydrogens (tertiary/aromatic N) is 1. The fraction of sp³-hybridized carbons (Fsp3) is 0.393. The van der Waals surface area contributed by atoms with Crippen molar-refractivity contribution < 1.29 is 38.8 Å². The number of aliphatic hydroxyl groups excluding tert-OH is 1. The second-order valence-corrected chi connectivity index (χ2v) is 9.01. The fourth-order valence-corrected chi connectivity index (χ4v) is 5.17. The summed E-state index contributed by atoms with van der Waals surface area (Å²) in [4.78, 5) is 39.6. The van der Waals surface area contributed by atoms with E-state index in [0.29, 0.717) is 25.0 Å². The minimum atomic E-state index is -1.43. The van der Waals surface area contributed by atoms with Crippen LogP contribution < -0.4 is 14.4 Å². The van der Waals surface area contributed by atoms with E-state index in [4.69, 9.17) is 14.2 Å². The molecule has 37 heavy (non-hydrogen) atoms. The minimum absolute atomic E-state index is 0.0726. The molecule has 1 amide bonds. The summed E-state index contributed by atoms with van der Waals surface area (Å²) in [7, 11) is 2.89. The van der Waals surface area contributed by atoms with Gasteiger partial charge < -0.3 is 24.4 Å². The number of carboxylic acids is 1. The van der Waals surface area contributed by atoms with Crippen LogP contribution in [0.25, 0.3) is 5.57 Å². The molecule has 0 saturated carbocycles. The largest absolute Gasteiger partial charge is 0.492 e. The van der Waals surface area contributed by atoms with E-state index in [0.717, 1.165) is 45.6 Å². The molecule has 2 aromatic rings. The molecule has 1 unspecified atom stereocenters. The molecular weight excluding hydrogens is 478 g/mol. The van der Waals surface area contributed by atoms with Crippen molar-refractivity contribution in [2.24, 2.45) is 0 Å². The maximum atomic E-state index is 13.5. The second kappa shape index (κ2) is 11.5. The van der Waals surface area contributed by atoms with E-state index in [9.17, 15) is 24.6 Å². The number of anilines is 1. The Balaban J connectivity index is 1.86. The number of hydrogen-bond acceptors (Lipinski definition) is 7. The Kier molecular flexibility index (Phi) is 8.13. The molecule has 2 aliphatic carbocycles. The van der Waals surface area contributed by atoms with E-state index >= 15 is 0 Å². The van der Waals surface area contributed by atoms with E-state index in [1.165, 1.54) is 14.2 Å². The lowest BCUT2D eigenvalue weighted by atomic mass is 9.94. The number of fused-ring (bicyclic) bond motifs is 2. The van der Waals surface area contributed by atoms with Gasteiger partial charge in [-0.2, -0.15) is 0 Å². The number of ketones is 1. The highest BCUT2D eigenvalue weighted by atomic mass is 16.6. The first kappa shape index (κ1) is 26.2. The predicted molar refractivity (Wildman–Crippen MR) is 136 cm³/mol. The highest BCUT2D eigenvalue weighted by Crippen LogP contribution is 2.50. The van der Waals surface area contributed by atoms with E-state index in [1.54, 1.807) is 30.3 Å². The molecular formula is C28H31NO8. The molecule has 196 valence electrons. The van der Waals surface area contributed by atoms with Crippen LogP contribution in [0, 0.1) is 0 Å². The monoisotopic (exact) mass is 509 g/mol. The Morgan fingerprint density at radius 1 is 1.00 bits per heavy atom. The Hall–Kier alpha value is -3.85. The molecule has 4 rings (SSSR count). The third-order valence-corrected chi connectivity index (χ3v) is 6.84. The van der Waals surface area contributed by atoms with Crippen LogP contribution in [-0.4, -0.2) is 54.9 Å². The van der Waals surface area contributed by atoms with Gasteiger partial charge in [-0.05, 0) is 54.0 Å². The maximum Gasteiger partial charge on any atom is 0.415 e. The first-order valence-electron chi connectivity index (χ1n) is 12.3. The average molecular weight is 510 g/mol. The molecule has 2 aliphatic rings. The van der Waals surface area contributed by atoms with Gasteiger partial charge in [0.15, 0.2) is 17.3 Å². The molecule has 2 aromatic carbocycles. The van der Waals surface area contributed by atoms with Gasteiger partial charge in [0.2, 0.25) is 0 Å². The average Bonchev–Trinajstić information content (AvgIpc) is 3.35. The zero-order chi connectivity index (χ0) is 26.5. The molecule has 9 nitrogen and oxygen atoms in total. The summed E-state index contributed by atoms with van der Waals surface area (Å²) in [5.74, 6) is -0.713. The molecule has 1 atom stereocenters. The summed E-state index contributed by atoms with van der Waals surface area (Å²) in [5, 5.41) is 19.6. The summed E-state index contributed by atoms with van der Waals surface area (Å²) in [6.07, 6.45) is 1.85. The topological polar surface area (TPSA) is 123 Å². The number of amides is 1. The van der Waals surface area contributed by atoms with E-state index < -0.39 is 24.7 Å². The van der Waals surface area contributed by atoms with Gasteiger partial charge in [0.1, 0.15) is 12.6 Å². The van der Waals surface area contributed by atoms with Crippen LogP contribution in [0.15, 0.2) is 42.0 Å². The molecule has 2 N–H and O–H groups in total. The number of carbonyl (C=O) groups excluding carboxylic acids is 2. The van der Waals surface area contributed by atoms with Crippen LogP contribution in [0.1, 0.15) is 48.8 Å². The van der Waals surface area contributed by atoms with Gasteiger partial charge in [-0.15, -0.1) is 0 Å². The lowest BCUT2D eigenvalue weighted by Gasteiger charge is -2.31. The highest BCUT2D eigenvalue weighted by Gasteiger charge is 2.38. The minimum Gasteiger partial charge on any atom is -0.492 e. The summed E-state index contributed by atoms with van der Waals surface area (Å²) in [6, 6.07) is 9.28. The van der Waals surface area contributed by atoms with Crippen molar-refractivity contribution in [3.05, 3.63) is 58.7 Å². The van der Waals surface area contributed by atoms with Crippen LogP contribution >= 0.6 is 0 Å². The van der Waals surface area contributed by atoms with Crippen LogP contribution in [0.4, 0.5) is 10.5 Å². The van der Waals surface area contributed by atoms with Gasteiger partial charge in [0.25, 0.3) is 0 Å². The Labute approximate surface area is 215 Å². The van der Waals surface area contributed by atoms with Gasteiger partial charge in [0.05, 0.1) is 19.9 Å². The normalized spacial score (nSPS) is 15.4. The van der Waals surface area contributed by atoms with E-state index in [1.807, 2.05) is 6.07 Å². The molecule has 0 fully saturated rings. The number of methoxy groups -OCH3 is 2. The van der Waals surface area contributed by atoms with Crippen molar-refractivity contribution in [3.8, 4) is 11.5 Å². The lowest BCUT2D eigenvalue weighted by Crippen LogP contribution is -2.46. The summed E-state index contributed by atoms with van der Waals surface area (Å²) >= 11 is 0. The number of rotatable bonds is 9. The van der Waals surface area contributed by atoms with Gasteiger partial charge in [-0.25, -0.2) is 9.59 Å². The number of aliphatic carboxylic acids is 1. The van der Waals surface area contributed by atoms with Crippen molar-refractivity contribution in [3.63, 3.8) is 0 Å². The molecule has 0 heterocycles. The number of benzene rings is 2. The Bertz CT molecular complexity index is 1220. The van der Waals surface area contributed by atoms with Gasteiger partial charge >= 0.3 is 12.1 Å². The lowest BCUT2D eigenvalue weighted by molar-refractivity contribution is -0.139. The summed E-state index contributed by atoms with van der Waals surface area (Å²) in [6.45, 7) is -0.536. The zero-order valence-corrected chi connectivity index (χ0v) is 21.0. The Morgan fingerprint density at radius 2 is 1.70 bits per heavy atom. The number of Topliss-reactive ketones (excluding diaryl/α,β-unsaturated/α-hetero) is 1. The predicted octanol–water partition coefficient (Wildman–Crippen LogP) is 4.14. The quantitative estimate of drug-likeness (QED) is 0.517. The summed E-state index contributed by atoms with van der Waals surface area (Å²) in [5.41, 5.74) is 4.13. The standard InChI is InChI=1S/C28H31NO8/c1-35-25-22(15-18-11-12-23(31)19-9-6-10-20(19)24(18)26(25)36-2)29(21(13-14-30)27(32)33)28(34)37-16-17-7-4-3-5-8-17/h3-5,7-8,15,21,30H,6,9-14,16H2,1-2H3,(H,32,33). The molecule has 0 aromatic heterocycles. The fourth-order valence-electron chi connectivity index (χ4n) is 5.17. The van der Waals surface area contributed by atoms with Crippen molar-refractivity contribution in [2.45, 2.75) is 51.2 Å². The third kappa shape index (κ3) is 5.17. The molecule has 0 saturated heterocycles. The second-order valence-electron chi connectivity index (χ2n) is 9.01. The SMILES string of the molecule is COc1c(N(C(=O)OCc2ccccc2)C(CCO)C(=O)O)cc2c(c1OC)C1=C(CCC1)C(=O)CC2. The van der Waals surface area contributed by atoms with Crippen molar-refractivity contribution in [1.82, 2.24) is 0 Å². The van der Waals surface area contributed by atoms with Crippen LogP contribution in [0.5, 0.6) is 11.5 Å². The van der Waals surface area contributed by atoms with Crippen LogP contribution in [0.3, 0.4) is 0 Å². The molecule has 0 bridgehead atoms. The number of carbonyl (C=O) groups is 3. The number of carboxylic acid groups (broad SMARTS) is 1. The molecule has 0 aliphatic heterocycles. The molecule has 0 spiro atoms. The van der Waals surface area contributed by atoms with Crippen LogP contribution in [0.2, 0.25) is 0 Å². The van der Waals surface area contributed by atoms with E-state index in [2.05, 4.69) is 0 Å². The highest BCUT2D eigenvalue weighted by molar-refractivity contribution is 6.06. The molecule has 0 radical (unpaired) electrons. The number of aliphatic hydroxyl groups is 1. The van der Waals surface area contributed by atoms with Crippen molar-refractivity contribution in [2.75, 3.05) is 25.7 Å². The van der Waals surface area contributed by atoms with Crippen LogP contribution in [-0.2, 0) is 27.4 Å². The van der Waals surface area contributed by atoms with Crippen molar-refractivity contribution >= 4 is 29.1 Å². The van der Waals surface area contributed by atoms with Gasteiger partial charge in [-0.3, -0.25) is 9.69 Å². The number of hydrogen-bond donors (Lipinski definition) is 2. The molecule has 9 heteroatoms. The summed E-state index contributed by atoms with van der Waals surface area (Å²) < 4.78 is 17.0. The Morgan fingerprint density at radius 3 is 2.35 bits per heavy atom. The van der Waals surface area contributed by atoms with E-state index in [-0.39, 0.29) is 30.2 Å². The third-order valence-electron chi connectivity index (χ3n) is 6.84. The van der Waals surface area contributed by atoms with Gasteiger partial charge in [-0.1, -0.05) is 30.3 Å². The first-order valence-corrected chi connectivity index (χ1v) is 12.3. The maximum absolute atomic E-state index is 13.5. The number of aryl methyl sites for hydroxylation is 1. The number of allylic oxidation sites excluding steroid dienone is 2. The smallest absolute Gasteiger partial charge is 0.415 e.